The Labute approximate surface area is 318 Å². The van der Waals surface area contributed by atoms with Crippen molar-refractivity contribution in [2.45, 2.75) is 43.0 Å². The van der Waals surface area contributed by atoms with Crippen LogP contribution in [0.5, 0.6) is 23.1 Å². The molecule has 13 nitrogen and oxygen atoms in total. The van der Waals surface area contributed by atoms with Gasteiger partial charge < -0.3 is 36.1 Å². The third-order valence-corrected chi connectivity index (χ3v) is 11.2. The number of thioether (sulfide) groups is 1. The Morgan fingerprint density at radius 3 is 2.50 bits per heavy atom. The number of nitrogens with zero attached hydrogens (tertiary/aromatic N) is 4. The fraction of sp³-hybridized carbons (Fsp3) is 0.325. The maximum absolute atomic E-state index is 12.8. The molecule has 5 N–H and O–H groups in total. The van der Waals surface area contributed by atoms with Gasteiger partial charge in [-0.3, -0.25) is 14.5 Å². The van der Waals surface area contributed by atoms with E-state index in [0.717, 1.165) is 49.4 Å². The molecule has 3 saturated heterocycles. The molecule has 3 unspecified atom stereocenters. The lowest BCUT2D eigenvalue weighted by Crippen LogP contribution is -2.48. The van der Waals surface area contributed by atoms with Gasteiger partial charge >= 0.3 is 6.03 Å². The van der Waals surface area contributed by atoms with E-state index in [4.69, 9.17) is 15.2 Å². The number of unbranched alkanes of at least 4 members (excludes halogenated alkanes) is 1. The van der Waals surface area contributed by atoms with Crippen molar-refractivity contribution in [3.63, 3.8) is 0 Å². The highest BCUT2D eigenvalue weighted by molar-refractivity contribution is 8.00. The van der Waals surface area contributed by atoms with Crippen LogP contribution in [0.2, 0.25) is 0 Å². The zero-order valence-electron chi connectivity index (χ0n) is 29.9. The number of nitrogens with one attached hydrogen (secondary N) is 3. The summed E-state index contributed by atoms with van der Waals surface area (Å²) in [6, 6.07) is 24.4. The van der Waals surface area contributed by atoms with Gasteiger partial charge in [-0.1, -0.05) is 48.9 Å². The van der Waals surface area contributed by atoms with E-state index in [1.807, 2.05) is 77.3 Å². The van der Waals surface area contributed by atoms with E-state index >= 15 is 0 Å². The first-order valence-electron chi connectivity index (χ1n) is 18.3. The number of para-hydroxylation sites is 1. The second kappa shape index (κ2) is 17.5. The number of rotatable bonds is 14. The van der Waals surface area contributed by atoms with E-state index in [9.17, 15) is 14.4 Å². The van der Waals surface area contributed by atoms with Crippen molar-refractivity contribution in [2.24, 2.45) is 0 Å². The van der Waals surface area contributed by atoms with Gasteiger partial charge in [0.25, 0.3) is 0 Å². The molecular weight excluding hydrogens is 705 g/mol. The van der Waals surface area contributed by atoms with E-state index < -0.39 is 0 Å². The Morgan fingerprint density at radius 1 is 0.907 bits per heavy atom. The van der Waals surface area contributed by atoms with E-state index in [0.29, 0.717) is 54.1 Å². The second-order valence-electron chi connectivity index (χ2n) is 13.4. The number of urea groups is 1. The Morgan fingerprint density at radius 2 is 1.69 bits per heavy atom. The number of carbonyl (C=O) groups is 3. The van der Waals surface area contributed by atoms with Crippen LogP contribution in [0.1, 0.15) is 25.7 Å². The van der Waals surface area contributed by atoms with Gasteiger partial charge in [-0.2, -0.15) is 11.8 Å². The SMILES string of the molecule is Nc1ncnc(Oc2cccc(NC(=O)/C=C/CN3CCN(C(=O)CCCCC4SCC5NC(=O)NC54)CC3)c2)c1-c1ccc(Oc2ccccc2)cc1. The molecule has 4 heterocycles. The summed E-state index contributed by atoms with van der Waals surface area (Å²) >= 11 is 1.91. The lowest BCUT2D eigenvalue weighted by Gasteiger charge is -2.34. The van der Waals surface area contributed by atoms with E-state index in [2.05, 4.69) is 30.8 Å². The molecule has 3 fully saturated rings. The third-order valence-electron chi connectivity index (χ3n) is 9.71. The Hall–Kier alpha value is -5.60. The minimum Gasteiger partial charge on any atom is -0.457 e. The number of aromatic nitrogens is 2. The predicted molar refractivity (Wildman–Crippen MR) is 210 cm³/mol. The van der Waals surface area contributed by atoms with Gasteiger partial charge in [-0.25, -0.2) is 14.8 Å². The third kappa shape index (κ3) is 9.49. The number of hydrogen-bond donors (Lipinski definition) is 4. The van der Waals surface area contributed by atoms with Crippen LogP contribution in [0.15, 0.2) is 97.3 Å². The number of anilines is 2. The summed E-state index contributed by atoms with van der Waals surface area (Å²) in [7, 11) is 0. The number of amides is 4. The Kier molecular flexibility index (Phi) is 11.9. The second-order valence-corrected chi connectivity index (χ2v) is 14.7. The van der Waals surface area contributed by atoms with Crippen LogP contribution in [0, 0.1) is 0 Å². The lowest BCUT2D eigenvalue weighted by molar-refractivity contribution is -0.133. The average Bonchev–Trinajstić information content (AvgIpc) is 3.73. The quantitative estimate of drug-likeness (QED) is 0.0718. The van der Waals surface area contributed by atoms with Crippen molar-refractivity contribution in [3.05, 3.63) is 97.3 Å². The van der Waals surface area contributed by atoms with E-state index in [-0.39, 0.29) is 41.6 Å². The summed E-state index contributed by atoms with van der Waals surface area (Å²) < 4.78 is 12.1. The van der Waals surface area contributed by atoms with Crippen molar-refractivity contribution in [1.29, 1.82) is 0 Å². The number of benzene rings is 3. The first-order chi connectivity index (χ1) is 26.4. The molecule has 0 spiro atoms. The molecule has 1 aromatic heterocycles. The fourth-order valence-electron chi connectivity index (χ4n) is 6.89. The Bertz CT molecular complexity index is 1960. The van der Waals surface area contributed by atoms with Gasteiger partial charge in [0.1, 0.15) is 29.4 Å². The summed E-state index contributed by atoms with van der Waals surface area (Å²) in [6.07, 6.45) is 8.11. The zero-order chi connectivity index (χ0) is 37.3. The van der Waals surface area contributed by atoms with Crippen LogP contribution in [-0.4, -0.2) is 93.4 Å². The van der Waals surface area contributed by atoms with Crippen LogP contribution in [0.4, 0.5) is 16.3 Å². The van der Waals surface area contributed by atoms with E-state index in [1.54, 1.807) is 24.3 Å². The normalized spacial score (nSPS) is 19.6. The minimum atomic E-state index is -0.260. The number of nitrogen functional groups attached to an aromatic ring is 1. The fourth-order valence-corrected chi connectivity index (χ4v) is 8.43. The van der Waals surface area contributed by atoms with E-state index in [1.165, 1.54) is 12.4 Å². The summed E-state index contributed by atoms with van der Waals surface area (Å²) in [5.74, 6) is 3.31. The standard InChI is InChI=1S/C40H44N8O5S/c41-38-36(27-15-17-30(18-16-27)52-29-9-2-1-3-10-29)39(43-26-42-38)53-31-11-6-8-28(24-31)44-34(49)13-7-19-47-20-22-48(23-21-47)35(50)14-5-4-12-33-37-32(25-54-33)45-40(51)46-37/h1-3,6-11,13,15-18,24,26,32-33,37H,4-5,12,14,19-23,25H2,(H,44,49)(H2,41,42,43)(H2,45,46,51)/b13-7+. The number of fused-ring (bicyclic) bond motifs is 1. The van der Waals surface area contributed by atoms with Crippen LogP contribution >= 0.6 is 11.8 Å². The molecule has 0 aliphatic carbocycles. The first-order valence-corrected chi connectivity index (χ1v) is 19.3. The molecule has 3 atom stereocenters. The molecule has 0 saturated carbocycles. The van der Waals surface area contributed by atoms with Crippen LogP contribution in [0.3, 0.4) is 0 Å². The number of carbonyl (C=O) groups excluding carboxylic acids is 3. The molecular formula is C40H44N8O5S. The smallest absolute Gasteiger partial charge is 0.315 e. The topological polar surface area (TPSA) is 164 Å². The van der Waals surface area contributed by atoms with Crippen LogP contribution in [-0.2, 0) is 9.59 Å². The molecule has 3 aliphatic rings. The largest absolute Gasteiger partial charge is 0.457 e. The summed E-state index contributed by atoms with van der Waals surface area (Å²) in [5.41, 5.74) is 8.14. The molecule has 3 aliphatic heterocycles. The van der Waals surface area contributed by atoms with Crippen molar-refractivity contribution >= 4 is 41.1 Å². The van der Waals surface area contributed by atoms with Crippen molar-refractivity contribution in [3.8, 4) is 34.3 Å². The number of nitrogens with two attached hydrogens (primary N) is 1. The van der Waals surface area contributed by atoms with Gasteiger partial charge in [0.15, 0.2) is 0 Å². The number of piperazine rings is 1. The number of ether oxygens (including phenoxy) is 2. The highest BCUT2D eigenvalue weighted by Gasteiger charge is 2.42. The molecule has 280 valence electrons. The molecule has 4 amide bonds. The van der Waals surface area contributed by atoms with Crippen LogP contribution < -0.4 is 31.2 Å². The molecule has 3 aromatic carbocycles. The highest BCUT2D eigenvalue weighted by atomic mass is 32.2. The lowest BCUT2D eigenvalue weighted by atomic mass is 10.0. The van der Waals surface area contributed by atoms with Gasteiger partial charge in [0.05, 0.1) is 17.6 Å². The molecule has 0 radical (unpaired) electrons. The van der Waals surface area contributed by atoms with Gasteiger partial charge in [0, 0.05) is 68.0 Å². The molecule has 4 aromatic rings. The van der Waals surface area contributed by atoms with Crippen molar-refractivity contribution in [2.75, 3.05) is 49.5 Å². The number of hydrogen-bond acceptors (Lipinski definition) is 10. The minimum absolute atomic E-state index is 0.0628. The van der Waals surface area contributed by atoms with Crippen molar-refractivity contribution in [1.82, 2.24) is 30.4 Å². The van der Waals surface area contributed by atoms with Gasteiger partial charge in [0.2, 0.25) is 17.7 Å². The first kappa shape index (κ1) is 36.7. The highest BCUT2D eigenvalue weighted by Crippen LogP contribution is 2.37. The van der Waals surface area contributed by atoms with Crippen molar-refractivity contribution < 1.29 is 23.9 Å². The monoisotopic (exact) mass is 748 g/mol. The van der Waals surface area contributed by atoms with Gasteiger partial charge in [-0.05, 0) is 54.8 Å². The molecule has 14 heteroatoms. The summed E-state index contributed by atoms with van der Waals surface area (Å²) in [6.45, 7) is 3.49. The average molecular weight is 749 g/mol. The maximum Gasteiger partial charge on any atom is 0.315 e. The van der Waals surface area contributed by atoms with Crippen LogP contribution in [0.25, 0.3) is 11.1 Å². The maximum atomic E-state index is 12.8. The zero-order valence-corrected chi connectivity index (χ0v) is 30.7. The summed E-state index contributed by atoms with van der Waals surface area (Å²) in [5, 5.41) is 9.32. The molecule has 0 bridgehead atoms. The molecule has 54 heavy (non-hydrogen) atoms. The molecule has 7 rings (SSSR count). The van der Waals surface area contributed by atoms with Gasteiger partial charge in [-0.15, -0.1) is 0 Å². The predicted octanol–water partition coefficient (Wildman–Crippen LogP) is 5.68. The Balaban J connectivity index is 0.839. The summed E-state index contributed by atoms with van der Waals surface area (Å²) in [4.78, 5) is 49.9.